The molecule has 1 unspecified atom stereocenters. The lowest BCUT2D eigenvalue weighted by Crippen LogP contribution is -2.25. The van der Waals surface area contributed by atoms with Crippen molar-refractivity contribution in [1.29, 1.82) is 0 Å². The van der Waals surface area contributed by atoms with E-state index in [1.54, 1.807) is 6.92 Å². The second kappa shape index (κ2) is 9.12. The number of sulfonamides is 1. The van der Waals surface area contributed by atoms with Crippen molar-refractivity contribution in [3.8, 4) is 0 Å². The molecule has 1 atom stereocenters. The largest absolute Gasteiger partial charge is 0.343 e. The second-order valence-corrected chi connectivity index (χ2v) is 9.98. The first-order valence-electron chi connectivity index (χ1n) is 8.42. The average Bonchev–Trinajstić information content (AvgIpc) is 2.96. The molecule has 1 aromatic carbocycles. The number of nitrogens with one attached hydrogen (secondary N) is 2. The fourth-order valence-corrected chi connectivity index (χ4v) is 4.52. The van der Waals surface area contributed by atoms with E-state index in [4.69, 9.17) is 11.6 Å². The number of benzene rings is 1. The predicted molar refractivity (Wildman–Crippen MR) is 109 cm³/mol. The third-order valence-electron chi connectivity index (χ3n) is 3.78. The van der Waals surface area contributed by atoms with E-state index in [0.717, 1.165) is 22.5 Å². The van der Waals surface area contributed by atoms with E-state index in [1.807, 2.05) is 6.92 Å². The molecular formula is C16H22ClN5O4S2. The molecule has 0 radical (unpaired) electrons. The molecule has 2 rings (SSSR count). The molecule has 9 nitrogen and oxygen atoms in total. The summed E-state index contributed by atoms with van der Waals surface area (Å²) in [5.74, 6) is -0.362. The Morgan fingerprint density at radius 1 is 1.43 bits per heavy atom. The minimum atomic E-state index is -3.75. The van der Waals surface area contributed by atoms with Crippen LogP contribution in [0.15, 0.2) is 33.0 Å². The van der Waals surface area contributed by atoms with Gasteiger partial charge in [0.15, 0.2) is 5.16 Å². The van der Waals surface area contributed by atoms with E-state index >= 15 is 0 Å². The van der Waals surface area contributed by atoms with Crippen molar-refractivity contribution in [2.45, 2.75) is 42.1 Å². The van der Waals surface area contributed by atoms with Crippen LogP contribution in [-0.4, -0.2) is 52.7 Å². The maximum absolute atomic E-state index is 12.5. The summed E-state index contributed by atoms with van der Waals surface area (Å²) in [4.78, 5) is 24.2. The molecule has 0 aliphatic carbocycles. The van der Waals surface area contributed by atoms with E-state index in [1.165, 1.54) is 36.9 Å². The van der Waals surface area contributed by atoms with Crippen LogP contribution in [0.1, 0.15) is 20.3 Å². The first-order chi connectivity index (χ1) is 13.1. The summed E-state index contributed by atoms with van der Waals surface area (Å²) in [6.07, 6.45) is 0.751. The summed E-state index contributed by atoms with van der Waals surface area (Å²) in [5.41, 5.74) is -0.0246. The Morgan fingerprint density at radius 2 is 2.11 bits per heavy atom. The molecule has 12 heteroatoms. The van der Waals surface area contributed by atoms with Crippen molar-refractivity contribution in [2.24, 2.45) is 0 Å². The van der Waals surface area contributed by atoms with Gasteiger partial charge in [0.05, 0.1) is 10.3 Å². The highest BCUT2D eigenvalue weighted by molar-refractivity contribution is 8.00. The fraction of sp³-hybridized carbons (Fsp3) is 0.438. The van der Waals surface area contributed by atoms with Crippen molar-refractivity contribution < 1.29 is 13.2 Å². The molecule has 154 valence electrons. The third-order valence-corrected chi connectivity index (χ3v) is 7.17. The number of amides is 1. The van der Waals surface area contributed by atoms with E-state index in [9.17, 15) is 18.0 Å². The van der Waals surface area contributed by atoms with Crippen LogP contribution in [0, 0.1) is 0 Å². The first kappa shape index (κ1) is 22.5. The first-order valence-corrected chi connectivity index (χ1v) is 11.1. The molecule has 0 spiro atoms. The van der Waals surface area contributed by atoms with Crippen molar-refractivity contribution in [3.05, 3.63) is 33.7 Å². The molecule has 1 amide bonds. The molecule has 0 aliphatic heterocycles. The van der Waals surface area contributed by atoms with Gasteiger partial charge in [-0.05, 0) is 31.5 Å². The average molecular weight is 448 g/mol. The number of H-pyrrole nitrogens is 1. The van der Waals surface area contributed by atoms with Crippen LogP contribution < -0.4 is 11.0 Å². The van der Waals surface area contributed by atoms with Gasteiger partial charge in [-0.2, -0.15) is 0 Å². The van der Waals surface area contributed by atoms with Gasteiger partial charge in [-0.1, -0.05) is 30.3 Å². The molecule has 1 aromatic heterocycles. The molecule has 0 aliphatic rings. The van der Waals surface area contributed by atoms with E-state index < -0.39 is 15.3 Å². The zero-order valence-electron chi connectivity index (χ0n) is 15.9. The Bertz CT molecular complexity index is 1020. The lowest BCUT2D eigenvalue weighted by Gasteiger charge is -2.15. The van der Waals surface area contributed by atoms with Gasteiger partial charge < -0.3 is 5.32 Å². The summed E-state index contributed by atoms with van der Waals surface area (Å²) in [7, 11) is -0.955. The molecule has 2 N–H and O–H groups in total. The molecular weight excluding hydrogens is 426 g/mol. The summed E-state index contributed by atoms with van der Waals surface area (Å²) >= 11 is 7.15. The van der Waals surface area contributed by atoms with Crippen LogP contribution in [0.5, 0.6) is 0 Å². The quantitative estimate of drug-likeness (QED) is 0.597. The Labute approximate surface area is 172 Å². The topological polar surface area (TPSA) is 117 Å². The minimum Gasteiger partial charge on any atom is -0.325 e. The van der Waals surface area contributed by atoms with E-state index in [0.29, 0.717) is 17.4 Å². The highest BCUT2D eigenvalue weighted by atomic mass is 35.5. The number of aromatic amines is 1. The monoisotopic (exact) mass is 447 g/mol. The predicted octanol–water partition coefficient (Wildman–Crippen LogP) is 2.00. The molecule has 28 heavy (non-hydrogen) atoms. The maximum atomic E-state index is 12.5. The molecule has 0 fully saturated rings. The standard InChI is InChI=1S/C16H22ClN5O4S2/c1-5-8-22-15(24)19-20-16(22)27-10(2)14(23)18-11-6-7-12(17)13(9-11)28(25,26)21(3)4/h6-7,9-10H,5,8H2,1-4H3,(H,18,23)(H,19,24). The Kier molecular flexibility index (Phi) is 7.32. The van der Waals surface area contributed by atoms with Crippen LogP contribution in [-0.2, 0) is 21.4 Å². The molecule has 0 bridgehead atoms. The van der Waals surface area contributed by atoms with Gasteiger partial charge >= 0.3 is 5.69 Å². The van der Waals surface area contributed by atoms with Gasteiger partial charge in [-0.3, -0.25) is 9.36 Å². The van der Waals surface area contributed by atoms with Gasteiger partial charge in [0.25, 0.3) is 0 Å². The van der Waals surface area contributed by atoms with Crippen molar-refractivity contribution in [3.63, 3.8) is 0 Å². The number of halogens is 1. The maximum Gasteiger partial charge on any atom is 0.343 e. The summed E-state index contributed by atoms with van der Waals surface area (Å²) in [6.45, 7) is 4.10. The number of anilines is 1. The van der Waals surface area contributed by atoms with Gasteiger partial charge in [0.1, 0.15) is 4.90 Å². The number of thioether (sulfide) groups is 1. The smallest absolute Gasteiger partial charge is 0.325 e. The zero-order chi connectivity index (χ0) is 21.1. The summed E-state index contributed by atoms with van der Waals surface area (Å²) in [5, 5.41) is 8.90. The molecule has 1 heterocycles. The van der Waals surface area contributed by atoms with Crippen LogP contribution in [0.2, 0.25) is 5.02 Å². The lowest BCUT2D eigenvalue weighted by molar-refractivity contribution is -0.115. The second-order valence-electron chi connectivity index (χ2n) is 6.14. The minimum absolute atomic E-state index is 0.0641. The van der Waals surface area contributed by atoms with Gasteiger partial charge in [-0.25, -0.2) is 22.6 Å². The van der Waals surface area contributed by atoms with Crippen LogP contribution in [0.3, 0.4) is 0 Å². The highest BCUT2D eigenvalue weighted by Gasteiger charge is 2.23. The SMILES string of the molecule is CCCn1c(SC(C)C(=O)Nc2ccc(Cl)c(S(=O)(=O)N(C)C)c2)n[nH]c1=O. The Hall–Kier alpha value is -1.82. The fourth-order valence-electron chi connectivity index (χ4n) is 2.25. The molecule has 0 saturated carbocycles. The molecule has 0 saturated heterocycles. The van der Waals surface area contributed by atoms with Crippen LogP contribution in [0.4, 0.5) is 5.69 Å². The van der Waals surface area contributed by atoms with E-state index in [2.05, 4.69) is 15.5 Å². The van der Waals surface area contributed by atoms with Crippen LogP contribution in [0.25, 0.3) is 0 Å². The number of carbonyl (C=O) groups is 1. The number of hydrogen-bond acceptors (Lipinski definition) is 6. The van der Waals surface area contributed by atoms with Gasteiger partial charge in [-0.15, -0.1) is 5.10 Å². The lowest BCUT2D eigenvalue weighted by atomic mass is 10.3. The van der Waals surface area contributed by atoms with E-state index in [-0.39, 0.29) is 21.5 Å². The number of nitrogens with zero attached hydrogens (tertiary/aromatic N) is 3. The van der Waals surface area contributed by atoms with Crippen LogP contribution >= 0.6 is 23.4 Å². The number of hydrogen-bond donors (Lipinski definition) is 2. The van der Waals surface area contributed by atoms with Gasteiger partial charge in [0, 0.05) is 26.3 Å². The van der Waals surface area contributed by atoms with Crippen molar-refractivity contribution >= 4 is 45.0 Å². The highest BCUT2D eigenvalue weighted by Crippen LogP contribution is 2.28. The number of carbonyl (C=O) groups excluding carboxylic acids is 1. The van der Waals surface area contributed by atoms with Gasteiger partial charge in [0.2, 0.25) is 15.9 Å². The third kappa shape index (κ3) is 4.96. The van der Waals surface area contributed by atoms with Crippen molar-refractivity contribution in [2.75, 3.05) is 19.4 Å². The molecule has 2 aromatic rings. The van der Waals surface area contributed by atoms with Crippen molar-refractivity contribution in [1.82, 2.24) is 19.1 Å². The number of aromatic nitrogens is 3. The number of rotatable bonds is 8. The Morgan fingerprint density at radius 3 is 2.71 bits per heavy atom. The normalized spacial score (nSPS) is 12.9. The summed E-state index contributed by atoms with van der Waals surface area (Å²) < 4.78 is 27.2. The zero-order valence-corrected chi connectivity index (χ0v) is 18.3. The summed E-state index contributed by atoms with van der Waals surface area (Å²) in [6, 6.07) is 4.25. The Balaban J connectivity index is 2.18.